The zero-order valence-corrected chi connectivity index (χ0v) is 37.7. The van der Waals surface area contributed by atoms with Crippen LogP contribution in [0.15, 0.2) is 122 Å². The van der Waals surface area contributed by atoms with E-state index < -0.39 is 36.3 Å². The van der Waals surface area contributed by atoms with Crippen LogP contribution in [0.5, 0.6) is 5.75 Å². The van der Waals surface area contributed by atoms with Crippen molar-refractivity contribution in [1.82, 2.24) is 4.72 Å². The van der Waals surface area contributed by atoms with E-state index in [1.807, 2.05) is 42.5 Å². The summed E-state index contributed by atoms with van der Waals surface area (Å²) in [5.41, 5.74) is 3.08. The van der Waals surface area contributed by atoms with Gasteiger partial charge >= 0.3 is 0 Å². The summed E-state index contributed by atoms with van der Waals surface area (Å²) in [7, 11) is -7.07. The topological polar surface area (TPSA) is 105 Å². The highest BCUT2D eigenvalue weighted by molar-refractivity contribution is 7.90. The summed E-state index contributed by atoms with van der Waals surface area (Å²) >= 11 is 6.46. The molecule has 5 atom stereocenters. The molecule has 7 rings (SSSR count). The first-order chi connectivity index (χ1) is 28.7. The van der Waals surface area contributed by atoms with Crippen molar-refractivity contribution in [1.29, 1.82) is 0 Å². The number of fused-ring (bicyclic) bond motifs is 3. The minimum absolute atomic E-state index is 0.0873. The Kier molecular flexibility index (Phi) is 13.2. The van der Waals surface area contributed by atoms with Crippen LogP contribution in [0.25, 0.3) is 0 Å². The Balaban J connectivity index is 1.14. The number of amides is 1. The van der Waals surface area contributed by atoms with E-state index in [2.05, 4.69) is 79.9 Å². The number of allylic oxidation sites excluding steroid dienone is 1. The molecule has 1 heterocycles. The summed E-state index contributed by atoms with van der Waals surface area (Å²) in [5.74, 6) is -0.549. The lowest BCUT2D eigenvalue weighted by molar-refractivity contribution is 0.0460. The van der Waals surface area contributed by atoms with Crippen molar-refractivity contribution < 1.29 is 27.5 Å². The van der Waals surface area contributed by atoms with Gasteiger partial charge in [0.2, 0.25) is 10.0 Å². The molecule has 11 heteroatoms. The van der Waals surface area contributed by atoms with Crippen LogP contribution in [-0.2, 0) is 26.3 Å². The monoisotopic (exact) mass is 866 g/mol. The van der Waals surface area contributed by atoms with Gasteiger partial charge in [-0.3, -0.25) is 4.79 Å². The molecule has 2 aliphatic carbocycles. The molecule has 60 heavy (non-hydrogen) atoms. The summed E-state index contributed by atoms with van der Waals surface area (Å²) in [6.07, 6.45) is 7.85. The van der Waals surface area contributed by atoms with Gasteiger partial charge in [-0.05, 0) is 107 Å². The number of aliphatic hydroxyl groups is 1. The number of carbonyl (C=O) groups excluding carboxylic acids is 1. The number of carbonyl (C=O) groups is 1. The Morgan fingerprint density at radius 2 is 1.73 bits per heavy atom. The highest BCUT2D eigenvalue weighted by atomic mass is 35.5. The van der Waals surface area contributed by atoms with Gasteiger partial charge in [0.05, 0.1) is 24.2 Å². The van der Waals surface area contributed by atoms with Crippen molar-refractivity contribution in [2.45, 2.75) is 75.9 Å². The first-order valence-corrected chi connectivity index (χ1v) is 25.1. The zero-order valence-electron chi connectivity index (χ0n) is 35.1. The molecule has 0 unspecified atom stereocenters. The van der Waals surface area contributed by atoms with Gasteiger partial charge in [0.25, 0.3) is 14.2 Å². The molecular formula is C49H59ClN2O6SSi. The summed E-state index contributed by atoms with van der Waals surface area (Å²) in [6.45, 7) is 16.2. The smallest absolute Gasteiger partial charge is 0.264 e. The number of hydrogen-bond donors (Lipinski definition) is 2. The van der Waals surface area contributed by atoms with Crippen LogP contribution >= 0.6 is 11.6 Å². The molecule has 2 N–H and O–H groups in total. The quantitative estimate of drug-likeness (QED) is 0.0918. The second-order valence-electron chi connectivity index (χ2n) is 18.1. The average Bonchev–Trinajstić information content (AvgIpc) is 3.36. The number of rotatable bonds is 15. The summed E-state index contributed by atoms with van der Waals surface area (Å²) in [5, 5.41) is 13.4. The van der Waals surface area contributed by atoms with Crippen LogP contribution in [0.1, 0.15) is 74.4 Å². The van der Waals surface area contributed by atoms with E-state index in [4.69, 9.17) is 20.8 Å². The molecule has 8 nitrogen and oxygen atoms in total. The minimum Gasteiger partial charge on any atom is -0.490 e. The van der Waals surface area contributed by atoms with E-state index >= 15 is 0 Å². The van der Waals surface area contributed by atoms with Gasteiger partial charge in [-0.1, -0.05) is 111 Å². The lowest BCUT2D eigenvalue weighted by Gasteiger charge is -2.45. The zero-order chi connectivity index (χ0) is 42.7. The molecule has 0 bridgehead atoms. The second kappa shape index (κ2) is 18.0. The number of benzene rings is 4. The number of aliphatic hydroxyl groups excluding tert-OH is 1. The molecule has 1 aliphatic heterocycles. The number of nitrogens with zero attached hydrogens (tertiary/aromatic N) is 1. The maximum absolute atomic E-state index is 14.0. The Bertz CT molecular complexity index is 2240. The summed E-state index contributed by atoms with van der Waals surface area (Å²) in [6, 6.07) is 31.8. The summed E-state index contributed by atoms with van der Waals surface area (Å²) in [4.78, 5) is 16.3. The molecule has 0 radical (unpaired) electrons. The fourth-order valence-corrected chi connectivity index (χ4v) is 16.1. The fourth-order valence-electron chi connectivity index (χ4n) is 9.96. The average molecular weight is 868 g/mol. The van der Waals surface area contributed by atoms with Gasteiger partial charge in [-0.25, -0.2) is 13.1 Å². The van der Waals surface area contributed by atoms with Crippen LogP contribution in [0.4, 0.5) is 5.69 Å². The van der Waals surface area contributed by atoms with E-state index in [1.54, 1.807) is 30.4 Å². The van der Waals surface area contributed by atoms with Crippen LogP contribution < -0.4 is 24.7 Å². The van der Waals surface area contributed by atoms with Crippen molar-refractivity contribution in [3.8, 4) is 5.75 Å². The fraction of sp³-hybridized carbons (Fsp3) is 0.408. The molecule has 1 spiro atoms. The van der Waals surface area contributed by atoms with E-state index in [0.717, 1.165) is 48.2 Å². The van der Waals surface area contributed by atoms with Gasteiger partial charge in [-0.2, -0.15) is 0 Å². The maximum atomic E-state index is 14.0. The van der Waals surface area contributed by atoms with E-state index in [1.165, 1.54) is 11.1 Å². The SMILES string of the molecule is C=CC[C@H](CO[Si](c1ccccc1)(c1ccccc1)C(C)(C)C)CS(=O)(=O)NC(=O)c1ccc2c(c1)N(C[C@@H]1CC[C@H]1[C@@H](O)C=C)C[C@@]1(CCCc3cc(Cl)ccc31)CO2. The van der Waals surface area contributed by atoms with Gasteiger partial charge in [-0.15, -0.1) is 13.2 Å². The van der Waals surface area contributed by atoms with Gasteiger partial charge in [0.1, 0.15) is 5.75 Å². The lowest BCUT2D eigenvalue weighted by Crippen LogP contribution is -2.67. The van der Waals surface area contributed by atoms with Crippen molar-refractivity contribution >= 4 is 51.9 Å². The van der Waals surface area contributed by atoms with Gasteiger partial charge in [0.15, 0.2) is 0 Å². The number of sulfonamides is 1. The first-order valence-electron chi connectivity index (χ1n) is 21.2. The normalized spacial score (nSPS) is 21.3. The number of ether oxygens (including phenoxy) is 1. The Labute approximate surface area is 362 Å². The second-order valence-corrected chi connectivity index (χ2v) is 24.6. The highest BCUT2D eigenvalue weighted by Crippen LogP contribution is 2.47. The van der Waals surface area contributed by atoms with Crippen LogP contribution in [0.3, 0.4) is 0 Å². The van der Waals surface area contributed by atoms with Crippen molar-refractivity contribution in [3.05, 3.63) is 144 Å². The van der Waals surface area contributed by atoms with Crippen molar-refractivity contribution in [2.24, 2.45) is 17.8 Å². The van der Waals surface area contributed by atoms with Crippen molar-refractivity contribution in [3.63, 3.8) is 0 Å². The largest absolute Gasteiger partial charge is 0.490 e. The Morgan fingerprint density at radius 1 is 1.03 bits per heavy atom. The van der Waals surface area contributed by atoms with E-state index in [0.29, 0.717) is 36.9 Å². The standard InChI is InChI=1S/C49H59ClN2O6SSi/c1-6-15-35(31-58-60(48(3,4)5,40-17-10-8-11-18-40)41-19-12-9-13-20-41)32-59(55,56)51-47(54)37-22-26-46-44(29-37)52(30-38-21-24-42(38)45(53)7-2)33-49(34-57-46)27-14-16-36-28-39(50)23-25-43(36)49/h6-13,17-20,22-23,25-26,28-29,35,38,42,45,53H,1-2,14-16,21,24,27,30-34H2,3-5H3,(H,51,54)/t35-,38+,42-,45+,49+/m1/s1. The predicted molar refractivity (Wildman–Crippen MR) is 246 cm³/mol. The summed E-state index contributed by atoms with van der Waals surface area (Å²) < 4.78 is 44.0. The van der Waals surface area contributed by atoms with Crippen LogP contribution in [-0.4, -0.2) is 65.9 Å². The molecule has 1 fully saturated rings. The Morgan fingerprint density at radius 3 is 2.35 bits per heavy atom. The third-order valence-electron chi connectivity index (χ3n) is 13.1. The third-order valence-corrected chi connectivity index (χ3v) is 19.7. The van der Waals surface area contributed by atoms with Gasteiger partial charge < -0.3 is 19.2 Å². The number of halogens is 1. The van der Waals surface area contributed by atoms with Crippen LogP contribution in [0.2, 0.25) is 10.1 Å². The maximum Gasteiger partial charge on any atom is 0.264 e. The number of hydrogen-bond acceptors (Lipinski definition) is 7. The molecule has 3 aliphatic rings. The van der Waals surface area contributed by atoms with Crippen molar-refractivity contribution in [2.75, 3.05) is 37.0 Å². The molecule has 0 aromatic heterocycles. The molecular weight excluding hydrogens is 808 g/mol. The molecule has 4 aromatic carbocycles. The first kappa shape index (κ1) is 43.9. The van der Waals surface area contributed by atoms with Crippen LogP contribution in [0, 0.1) is 17.8 Å². The molecule has 0 saturated heterocycles. The molecule has 1 amide bonds. The molecule has 4 aromatic rings. The molecule has 1 saturated carbocycles. The van der Waals surface area contributed by atoms with E-state index in [9.17, 15) is 18.3 Å². The number of aryl methyl sites for hydroxylation is 1. The Hall–Kier alpha value is -4.19. The van der Waals surface area contributed by atoms with E-state index in [-0.39, 0.29) is 40.2 Å². The number of nitrogens with one attached hydrogen (secondary N) is 1. The lowest BCUT2D eigenvalue weighted by atomic mass is 9.68. The third kappa shape index (κ3) is 9.04. The highest BCUT2D eigenvalue weighted by Gasteiger charge is 2.50. The minimum atomic E-state index is -4.12. The number of anilines is 1. The predicted octanol–water partition coefficient (Wildman–Crippen LogP) is 8.21. The molecule has 318 valence electrons. The van der Waals surface area contributed by atoms with Gasteiger partial charge in [0, 0.05) is 41.6 Å².